The number of hydrogen-bond donors (Lipinski definition) is 0. The molecule has 0 radical (unpaired) electrons. The van der Waals surface area contributed by atoms with Crippen LogP contribution in [0.25, 0.3) is 10.8 Å². The van der Waals surface area contributed by atoms with Crippen molar-refractivity contribution in [1.82, 2.24) is 0 Å². The van der Waals surface area contributed by atoms with Gasteiger partial charge in [-0.15, -0.1) is 0 Å². The second kappa shape index (κ2) is 14.0. The van der Waals surface area contributed by atoms with Crippen LogP contribution in [-0.2, 0) is 4.79 Å². The van der Waals surface area contributed by atoms with Crippen LogP contribution in [0.15, 0.2) is 36.4 Å². The van der Waals surface area contributed by atoms with E-state index in [1.807, 2.05) is 0 Å². The van der Waals surface area contributed by atoms with Crippen molar-refractivity contribution in [3.05, 3.63) is 36.4 Å². The van der Waals surface area contributed by atoms with Crippen LogP contribution in [0.5, 0.6) is 0 Å². The van der Waals surface area contributed by atoms with Crippen molar-refractivity contribution in [3.63, 3.8) is 0 Å². The molecule has 116 valence electrons. The fourth-order valence-corrected chi connectivity index (χ4v) is 2.31. The van der Waals surface area contributed by atoms with Crippen molar-refractivity contribution in [1.29, 1.82) is 0 Å². The number of carbonyl (C=O) groups excluding carboxylic acids is 1. The van der Waals surface area contributed by atoms with Gasteiger partial charge in [-0.25, -0.2) is 0 Å². The monoisotopic (exact) mass is 310 g/mol. The number of hydrogen-bond acceptors (Lipinski definition) is 2. The van der Waals surface area contributed by atoms with Gasteiger partial charge in [0.25, 0.3) is 0 Å². The van der Waals surface area contributed by atoms with Crippen molar-refractivity contribution in [2.75, 3.05) is 0 Å². The van der Waals surface area contributed by atoms with Crippen LogP contribution in [-0.4, -0.2) is 5.97 Å². The quantitative estimate of drug-likeness (QED) is 0.521. The van der Waals surface area contributed by atoms with Gasteiger partial charge >= 0.3 is 29.6 Å². The first kappa shape index (κ1) is 21.4. The largest absolute Gasteiger partial charge is 1.00 e. The summed E-state index contributed by atoms with van der Waals surface area (Å²) in [4.78, 5) is 10.1. The number of carbonyl (C=O) groups is 1. The van der Waals surface area contributed by atoms with E-state index in [0.717, 1.165) is 12.8 Å². The smallest absolute Gasteiger partial charge is 0.550 e. The summed E-state index contributed by atoms with van der Waals surface area (Å²) in [5.41, 5.74) is 0. The Labute approximate surface area is 156 Å². The van der Waals surface area contributed by atoms with Gasteiger partial charge in [0, 0.05) is 5.97 Å². The molecule has 0 unspecified atom stereocenters. The van der Waals surface area contributed by atoms with Gasteiger partial charge in [-0.1, -0.05) is 88.3 Å². The van der Waals surface area contributed by atoms with Gasteiger partial charge in [-0.3, -0.25) is 0 Å². The number of carboxylic acid groups (broad SMARTS) is 1. The zero-order valence-corrected chi connectivity index (χ0v) is 16.1. The molecule has 0 heterocycles. The Morgan fingerprint density at radius 2 is 1.14 bits per heavy atom. The van der Waals surface area contributed by atoms with Gasteiger partial charge in [0.1, 0.15) is 0 Å². The molecule has 2 nitrogen and oxygen atoms in total. The molecule has 0 aliphatic heterocycles. The third-order valence-electron chi connectivity index (χ3n) is 3.64. The molecule has 0 saturated carbocycles. The standard InChI is InChI=1S/C11H22O2.C8H6.Na/c1-2-3-4-5-6-7-8-9-10-11(12)13;1-2-8-5-3-7(1)4-6-8;/h2-10H2,1H3,(H,12,13);1-6H;/q;;+1/p-1. The van der Waals surface area contributed by atoms with Crippen molar-refractivity contribution >= 4 is 16.7 Å². The summed E-state index contributed by atoms with van der Waals surface area (Å²) in [5.74, 6) is -0.911. The fraction of sp³-hybridized carbons (Fsp3) is 0.526. The first-order valence-electron chi connectivity index (χ1n) is 8.20. The first-order valence-corrected chi connectivity index (χ1v) is 8.20. The molecule has 0 aromatic heterocycles. The van der Waals surface area contributed by atoms with Crippen molar-refractivity contribution < 1.29 is 39.5 Å². The molecular formula is C19H27NaO2. The molecule has 0 N–H and O–H groups in total. The minimum absolute atomic E-state index is 0. The van der Waals surface area contributed by atoms with Crippen molar-refractivity contribution in [2.24, 2.45) is 0 Å². The van der Waals surface area contributed by atoms with Crippen LogP contribution >= 0.6 is 0 Å². The number of fused-ring (bicyclic) bond motifs is 3. The van der Waals surface area contributed by atoms with E-state index in [9.17, 15) is 9.90 Å². The zero-order valence-electron chi connectivity index (χ0n) is 14.1. The Morgan fingerprint density at radius 1 is 0.773 bits per heavy atom. The second-order valence-electron chi connectivity index (χ2n) is 5.60. The molecule has 3 aromatic carbocycles. The number of carboxylic acids is 1. The molecule has 22 heavy (non-hydrogen) atoms. The van der Waals surface area contributed by atoms with Crippen LogP contribution in [0.1, 0.15) is 64.7 Å². The van der Waals surface area contributed by atoms with Crippen LogP contribution < -0.4 is 34.7 Å². The Morgan fingerprint density at radius 3 is 1.45 bits per heavy atom. The third kappa shape index (κ3) is 11.1. The minimum Gasteiger partial charge on any atom is -0.550 e. The summed E-state index contributed by atoms with van der Waals surface area (Å²) in [6, 6.07) is 12.7. The van der Waals surface area contributed by atoms with E-state index in [1.165, 1.54) is 49.3 Å². The molecular weight excluding hydrogens is 283 g/mol. The molecule has 0 saturated heterocycles. The molecule has 0 fully saturated rings. The zero-order chi connectivity index (χ0) is 15.3. The van der Waals surface area contributed by atoms with Crippen LogP contribution in [0.4, 0.5) is 0 Å². The topological polar surface area (TPSA) is 40.1 Å². The molecule has 3 rings (SSSR count). The number of unbranched alkanes of at least 4 members (excludes halogenated alkanes) is 7. The van der Waals surface area contributed by atoms with Crippen molar-refractivity contribution in [3.8, 4) is 0 Å². The Bertz CT molecular complexity index is 407. The Hall–Kier alpha value is -0.570. The van der Waals surface area contributed by atoms with E-state index in [2.05, 4.69) is 43.3 Å². The van der Waals surface area contributed by atoms with Crippen LogP contribution in [0, 0.1) is 0 Å². The first-order chi connectivity index (χ1) is 10.2. The fourth-order valence-electron chi connectivity index (χ4n) is 2.31. The summed E-state index contributed by atoms with van der Waals surface area (Å²) in [6.45, 7) is 2.21. The molecule has 3 heteroatoms. The third-order valence-corrected chi connectivity index (χ3v) is 3.64. The van der Waals surface area contributed by atoms with Gasteiger partial charge < -0.3 is 9.90 Å². The van der Waals surface area contributed by atoms with Gasteiger partial charge in [0.2, 0.25) is 0 Å². The molecule has 3 aromatic rings. The van der Waals surface area contributed by atoms with E-state index in [1.54, 1.807) is 0 Å². The summed E-state index contributed by atoms with van der Waals surface area (Å²) in [5, 5.41) is 12.7. The Kier molecular flexibility index (Phi) is 13.7. The van der Waals surface area contributed by atoms with Crippen molar-refractivity contribution in [2.45, 2.75) is 64.7 Å². The van der Waals surface area contributed by atoms with Gasteiger partial charge in [-0.05, 0) is 23.6 Å². The molecule has 0 spiro atoms. The predicted octanol–water partition coefficient (Wildman–Crippen LogP) is 1.55. The summed E-state index contributed by atoms with van der Waals surface area (Å²) in [7, 11) is 0. The summed E-state index contributed by atoms with van der Waals surface area (Å²) >= 11 is 0. The maximum absolute atomic E-state index is 10.1. The average molecular weight is 310 g/mol. The number of aliphatic carboxylic acids is 1. The van der Waals surface area contributed by atoms with Gasteiger partial charge in [-0.2, -0.15) is 0 Å². The Balaban J connectivity index is 0.000000415. The summed E-state index contributed by atoms with van der Waals surface area (Å²) < 4.78 is 0. The SMILES string of the molecule is CCCCCCCCCCC(=O)[O-].[Na+].c1cc2ccc1cc2. The normalized spacial score (nSPS) is 9.86. The van der Waals surface area contributed by atoms with E-state index in [0.29, 0.717) is 0 Å². The summed E-state index contributed by atoms with van der Waals surface area (Å²) in [6.07, 6.45) is 9.75. The van der Waals surface area contributed by atoms with Gasteiger partial charge in [0.15, 0.2) is 0 Å². The van der Waals surface area contributed by atoms with Crippen LogP contribution in [0.3, 0.4) is 0 Å². The predicted molar refractivity (Wildman–Crippen MR) is 87.4 cm³/mol. The second-order valence-corrected chi connectivity index (χ2v) is 5.60. The minimum atomic E-state index is -0.911. The molecule has 0 atom stereocenters. The van der Waals surface area contributed by atoms with Gasteiger partial charge in [0.05, 0.1) is 0 Å². The molecule has 0 aliphatic rings. The molecule has 0 aliphatic carbocycles. The maximum Gasteiger partial charge on any atom is 1.00 e. The molecule has 2 bridgehead atoms. The van der Waals surface area contributed by atoms with E-state index in [4.69, 9.17) is 0 Å². The number of rotatable bonds is 9. The van der Waals surface area contributed by atoms with E-state index in [-0.39, 0.29) is 36.0 Å². The van der Waals surface area contributed by atoms with E-state index < -0.39 is 5.97 Å². The van der Waals surface area contributed by atoms with E-state index >= 15 is 0 Å². The average Bonchev–Trinajstić information content (AvgIpc) is 2.52. The van der Waals surface area contributed by atoms with Crippen LogP contribution in [0.2, 0.25) is 0 Å². The maximum atomic E-state index is 10.1. The molecule has 0 amide bonds. The number of benzene rings is 3.